The fourth-order valence-corrected chi connectivity index (χ4v) is 1.54. The summed E-state index contributed by atoms with van der Waals surface area (Å²) in [6.07, 6.45) is 0.812. The molecule has 0 saturated heterocycles. The summed E-state index contributed by atoms with van der Waals surface area (Å²) in [5.41, 5.74) is 7.87. The van der Waals surface area contributed by atoms with Gasteiger partial charge in [-0.15, -0.1) is 0 Å². The number of aryl methyl sites for hydroxylation is 1. The topological polar surface area (TPSA) is 44.5 Å². The molecule has 0 amide bonds. The maximum Gasteiger partial charge on any atom is 0.164 e. The number of rotatable bonds is 4. The van der Waals surface area contributed by atoms with Gasteiger partial charge in [0, 0.05) is 5.56 Å². The van der Waals surface area contributed by atoms with Crippen molar-refractivity contribution in [2.45, 2.75) is 13.3 Å². The summed E-state index contributed by atoms with van der Waals surface area (Å²) in [7, 11) is 3.29. The molecule has 0 aliphatic carbocycles. The highest BCUT2D eigenvalue weighted by atomic mass is 16.5. The quantitative estimate of drug-likeness (QED) is 0.792. The highest BCUT2D eigenvalue weighted by molar-refractivity contribution is 5.50. The standard InChI is InChI=1S/C11H17NO2/c1-8-4-5-10(13-2)11(14-3)9(8)6-7-12/h4-5H,6-7,12H2,1-3H3. The lowest BCUT2D eigenvalue weighted by atomic mass is 10.0. The van der Waals surface area contributed by atoms with Gasteiger partial charge in [-0.1, -0.05) is 6.07 Å². The molecule has 0 unspecified atom stereocenters. The number of nitrogens with two attached hydrogens (primary N) is 1. The van der Waals surface area contributed by atoms with Crippen molar-refractivity contribution in [2.75, 3.05) is 20.8 Å². The van der Waals surface area contributed by atoms with Crippen LogP contribution in [0.5, 0.6) is 11.5 Å². The fraction of sp³-hybridized carbons (Fsp3) is 0.455. The first kappa shape index (κ1) is 10.9. The van der Waals surface area contributed by atoms with Gasteiger partial charge < -0.3 is 15.2 Å². The molecular formula is C11H17NO2. The van der Waals surface area contributed by atoms with E-state index in [1.54, 1.807) is 14.2 Å². The SMILES string of the molecule is COc1ccc(C)c(CCN)c1OC. The van der Waals surface area contributed by atoms with Crippen LogP contribution in [0.2, 0.25) is 0 Å². The highest BCUT2D eigenvalue weighted by Crippen LogP contribution is 2.33. The molecule has 1 aromatic rings. The Morgan fingerprint density at radius 2 is 1.93 bits per heavy atom. The second kappa shape index (κ2) is 4.86. The summed E-state index contributed by atoms with van der Waals surface area (Å²) < 4.78 is 10.5. The van der Waals surface area contributed by atoms with Crippen LogP contribution in [0.25, 0.3) is 0 Å². The molecule has 14 heavy (non-hydrogen) atoms. The Morgan fingerprint density at radius 1 is 1.21 bits per heavy atom. The van der Waals surface area contributed by atoms with E-state index in [9.17, 15) is 0 Å². The molecule has 3 heteroatoms. The predicted octanol–water partition coefficient (Wildman–Crippen LogP) is 1.51. The Morgan fingerprint density at radius 3 is 2.43 bits per heavy atom. The summed E-state index contributed by atoms with van der Waals surface area (Å²) in [6.45, 7) is 2.66. The zero-order valence-corrected chi connectivity index (χ0v) is 8.96. The zero-order valence-electron chi connectivity index (χ0n) is 8.96. The Bertz CT molecular complexity index is 310. The van der Waals surface area contributed by atoms with Crippen molar-refractivity contribution < 1.29 is 9.47 Å². The van der Waals surface area contributed by atoms with Crippen LogP contribution >= 0.6 is 0 Å². The lowest BCUT2D eigenvalue weighted by Gasteiger charge is -2.14. The van der Waals surface area contributed by atoms with Gasteiger partial charge in [0.2, 0.25) is 0 Å². The maximum atomic E-state index is 5.55. The molecule has 3 nitrogen and oxygen atoms in total. The summed E-state index contributed by atoms with van der Waals surface area (Å²) in [6, 6.07) is 3.93. The van der Waals surface area contributed by atoms with Crippen LogP contribution in [0, 0.1) is 6.92 Å². The van der Waals surface area contributed by atoms with Crippen LogP contribution < -0.4 is 15.2 Å². The van der Waals surface area contributed by atoms with E-state index in [1.165, 1.54) is 5.56 Å². The molecule has 1 aromatic carbocycles. The van der Waals surface area contributed by atoms with E-state index in [0.717, 1.165) is 23.5 Å². The van der Waals surface area contributed by atoms with Crippen LogP contribution in [0.1, 0.15) is 11.1 Å². The first-order valence-electron chi connectivity index (χ1n) is 4.65. The van der Waals surface area contributed by atoms with E-state index in [1.807, 2.05) is 19.1 Å². The molecule has 0 fully saturated rings. The van der Waals surface area contributed by atoms with Gasteiger partial charge in [0.25, 0.3) is 0 Å². The van der Waals surface area contributed by atoms with Gasteiger partial charge in [-0.05, 0) is 31.5 Å². The largest absolute Gasteiger partial charge is 0.493 e. The summed E-state index contributed by atoms with van der Waals surface area (Å²) in [5.74, 6) is 1.57. The van der Waals surface area contributed by atoms with E-state index in [0.29, 0.717) is 6.54 Å². The first-order valence-corrected chi connectivity index (χ1v) is 4.65. The smallest absolute Gasteiger partial charge is 0.164 e. The molecule has 0 aliphatic rings. The van der Waals surface area contributed by atoms with Crippen LogP contribution in [-0.4, -0.2) is 20.8 Å². The number of hydrogen-bond donors (Lipinski definition) is 1. The summed E-state index contributed by atoms with van der Waals surface area (Å²) in [5, 5.41) is 0. The Hall–Kier alpha value is -1.22. The lowest BCUT2D eigenvalue weighted by molar-refractivity contribution is 0.351. The highest BCUT2D eigenvalue weighted by Gasteiger charge is 2.11. The average molecular weight is 195 g/mol. The molecule has 0 aliphatic heterocycles. The van der Waals surface area contributed by atoms with Crippen molar-refractivity contribution >= 4 is 0 Å². The predicted molar refractivity (Wildman–Crippen MR) is 57.0 cm³/mol. The number of hydrogen-bond acceptors (Lipinski definition) is 3. The van der Waals surface area contributed by atoms with Crippen molar-refractivity contribution in [3.63, 3.8) is 0 Å². The molecule has 0 atom stereocenters. The van der Waals surface area contributed by atoms with Crippen LogP contribution in [0.4, 0.5) is 0 Å². The van der Waals surface area contributed by atoms with Gasteiger partial charge in [-0.3, -0.25) is 0 Å². The Labute approximate surface area is 84.8 Å². The molecule has 0 aromatic heterocycles. The minimum atomic E-state index is 0.615. The Kier molecular flexibility index (Phi) is 3.77. The molecule has 0 bridgehead atoms. The molecule has 0 radical (unpaired) electrons. The second-order valence-electron chi connectivity index (χ2n) is 3.14. The number of methoxy groups -OCH3 is 2. The third kappa shape index (κ3) is 1.99. The van der Waals surface area contributed by atoms with E-state index >= 15 is 0 Å². The first-order chi connectivity index (χ1) is 6.74. The van der Waals surface area contributed by atoms with Gasteiger partial charge in [0.1, 0.15) is 0 Å². The van der Waals surface area contributed by atoms with Gasteiger partial charge in [0.15, 0.2) is 11.5 Å². The van der Waals surface area contributed by atoms with Gasteiger partial charge in [-0.2, -0.15) is 0 Å². The minimum absolute atomic E-state index is 0.615. The third-order valence-electron chi connectivity index (χ3n) is 2.28. The number of benzene rings is 1. The van der Waals surface area contributed by atoms with Gasteiger partial charge in [0.05, 0.1) is 14.2 Å². The van der Waals surface area contributed by atoms with E-state index in [2.05, 4.69) is 0 Å². The summed E-state index contributed by atoms with van der Waals surface area (Å²) >= 11 is 0. The van der Waals surface area contributed by atoms with E-state index < -0.39 is 0 Å². The van der Waals surface area contributed by atoms with Crippen molar-refractivity contribution in [3.05, 3.63) is 23.3 Å². The molecule has 2 N–H and O–H groups in total. The molecule has 1 rings (SSSR count). The van der Waals surface area contributed by atoms with E-state index in [-0.39, 0.29) is 0 Å². The molecule has 0 saturated carbocycles. The van der Waals surface area contributed by atoms with Crippen molar-refractivity contribution in [1.82, 2.24) is 0 Å². The van der Waals surface area contributed by atoms with Gasteiger partial charge in [-0.25, -0.2) is 0 Å². The summed E-state index contributed by atoms with van der Waals surface area (Å²) in [4.78, 5) is 0. The second-order valence-corrected chi connectivity index (χ2v) is 3.14. The fourth-order valence-electron chi connectivity index (χ4n) is 1.54. The third-order valence-corrected chi connectivity index (χ3v) is 2.28. The van der Waals surface area contributed by atoms with Crippen molar-refractivity contribution in [3.8, 4) is 11.5 Å². The lowest BCUT2D eigenvalue weighted by Crippen LogP contribution is -2.06. The van der Waals surface area contributed by atoms with Gasteiger partial charge >= 0.3 is 0 Å². The molecule has 78 valence electrons. The number of ether oxygens (including phenoxy) is 2. The van der Waals surface area contributed by atoms with Crippen LogP contribution in [-0.2, 0) is 6.42 Å². The normalized spacial score (nSPS) is 10.0. The van der Waals surface area contributed by atoms with Crippen molar-refractivity contribution in [1.29, 1.82) is 0 Å². The maximum absolute atomic E-state index is 5.55. The average Bonchev–Trinajstić information content (AvgIpc) is 2.21. The molecule has 0 spiro atoms. The molecule has 0 heterocycles. The molecular weight excluding hydrogens is 178 g/mol. The minimum Gasteiger partial charge on any atom is -0.493 e. The monoisotopic (exact) mass is 195 g/mol. The van der Waals surface area contributed by atoms with E-state index in [4.69, 9.17) is 15.2 Å². The zero-order chi connectivity index (χ0) is 10.6. The van der Waals surface area contributed by atoms with Crippen molar-refractivity contribution in [2.24, 2.45) is 5.73 Å². The van der Waals surface area contributed by atoms with Crippen LogP contribution in [0.15, 0.2) is 12.1 Å². The van der Waals surface area contributed by atoms with Crippen LogP contribution in [0.3, 0.4) is 0 Å². The Balaban J connectivity index is 3.20.